The smallest absolute Gasteiger partial charge is 0.229 e. The monoisotopic (exact) mass is 381 g/mol. The summed E-state index contributed by atoms with van der Waals surface area (Å²) in [6.07, 6.45) is 1.88. The van der Waals surface area contributed by atoms with Gasteiger partial charge in [0, 0.05) is 13.1 Å². The van der Waals surface area contributed by atoms with Crippen molar-refractivity contribution < 1.29 is 9.53 Å². The number of nitrogens with one attached hydrogen (secondary N) is 1. The van der Waals surface area contributed by atoms with E-state index in [0.29, 0.717) is 18.9 Å². The van der Waals surface area contributed by atoms with Crippen LogP contribution in [-0.4, -0.2) is 30.6 Å². The van der Waals surface area contributed by atoms with Gasteiger partial charge in [-0.25, -0.2) is 4.98 Å². The van der Waals surface area contributed by atoms with Gasteiger partial charge in [0.15, 0.2) is 5.13 Å². The number of ether oxygens (including phenoxy) is 1. The number of fused-ring (bicyclic) bond motifs is 1. The molecule has 5 nitrogen and oxygen atoms in total. The maximum atomic E-state index is 12.9. The molecule has 2 aromatic carbocycles. The standard InChI is InChI=1S/C21H23N3O2S/c1-2-26-18-11-5-3-9-16(18)22-20(25)15-8-7-13-24(14-15)21-23-17-10-4-6-12-19(17)27-21/h3-6,9-12,15H,2,7-8,13-14H2,1H3,(H,22,25). The number of para-hydroxylation sites is 3. The van der Waals surface area contributed by atoms with Gasteiger partial charge in [0.1, 0.15) is 5.75 Å². The van der Waals surface area contributed by atoms with Crippen LogP contribution in [0.1, 0.15) is 19.8 Å². The zero-order valence-corrected chi connectivity index (χ0v) is 16.2. The second-order valence-electron chi connectivity index (χ2n) is 6.67. The van der Waals surface area contributed by atoms with Crippen LogP contribution in [0.5, 0.6) is 5.75 Å². The Bertz CT molecular complexity index is 907. The SMILES string of the molecule is CCOc1ccccc1NC(=O)C1CCCN(c2nc3ccccc3s2)C1. The van der Waals surface area contributed by atoms with Crippen LogP contribution in [0, 0.1) is 5.92 Å². The number of nitrogens with zero attached hydrogens (tertiary/aromatic N) is 2. The summed E-state index contributed by atoms with van der Waals surface area (Å²) in [4.78, 5) is 19.9. The van der Waals surface area contributed by atoms with Gasteiger partial charge in [0.05, 0.1) is 28.4 Å². The Morgan fingerprint density at radius 3 is 2.93 bits per heavy atom. The van der Waals surface area contributed by atoms with Gasteiger partial charge < -0.3 is 15.0 Å². The molecule has 6 heteroatoms. The molecular formula is C21H23N3O2S. The van der Waals surface area contributed by atoms with Gasteiger partial charge >= 0.3 is 0 Å². The molecule has 4 rings (SSSR count). The lowest BCUT2D eigenvalue weighted by Crippen LogP contribution is -2.40. The Hall–Kier alpha value is -2.60. The summed E-state index contributed by atoms with van der Waals surface area (Å²) in [5.41, 5.74) is 1.76. The second-order valence-corrected chi connectivity index (χ2v) is 7.68. The first-order valence-electron chi connectivity index (χ1n) is 9.38. The lowest BCUT2D eigenvalue weighted by atomic mass is 9.97. The number of hydrogen-bond acceptors (Lipinski definition) is 5. The minimum absolute atomic E-state index is 0.0490. The van der Waals surface area contributed by atoms with Crippen LogP contribution < -0.4 is 15.0 Å². The van der Waals surface area contributed by atoms with E-state index >= 15 is 0 Å². The molecule has 1 unspecified atom stereocenters. The Labute approximate surface area is 163 Å². The third-order valence-electron chi connectivity index (χ3n) is 4.79. The van der Waals surface area contributed by atoms with Gasteiger partial charge in [-0.05, 0) is 44.0 Å². The first kappa shape index (κ1) is 17.8. The van der Waals surface area contributed by atoms with Gasteiger partial charge in [-0.1, -0.05) is 35.6 Å². The highest BCUT2D eigenvalue weighted by Gasteiger charge is 2.28. The summed E-state index contributed by atoms with van der Waals surface area (Å²) in [5, 5.41) is 4.06. The number of carbonyl (C=O) groups is 1. The van der Waals surface area contributed by atoms with E-state index in [1.807, 2.05) is 49.4 Å². The van der Waals surface area contributed by atoms with Crippen molar-refractivity contribution in [3.63, 3.8) is 0 Å². The van der Waals surface area contributed by atoms with E-state index in [1.54, 1.807) is 11.3 Å². The quantitative estimate of drug-likeness (QED) is 0.704. The third-order valence-corrected chi connectivity index (χ3v) is 5.89. The van der Waals surface area contributed by atoms with Crippen molar-refractivity contribution in [2.24, 2.45) is 5.92 Å². The molecule has 27 heavy (non-hydrogen) atoms. The summed E-state index contributed by atoms with van der Waals surface area (Å²) in [6.45, 7) is 4.15. The fourth-order valence-corrected chi connectivity index (χ4v) is 4.45. The number of benzene rings is 2. The Morgan fingerprint density at radius 1 is 1.26 bits per heavy atom. The first-order valence-corrected chi connectivity index (χ1v) is 10.2. The normalized spacial score (nSPS) is 17.1. The van der Waals surface area contributed by atoms with Crippen LogP contribution >= 0.6 is 11.3 Å². The Morgan fingerprint density at radius 2 is 2.07 bits per heavy atom. The van der Waals surface area contributed by atoms with Crippen LogP contribution in [0.4, 0.5) is 10.8 Å². The van der Waals surface area contributed by atoms with E-state index in [4.69, 9.17) is 9.72 Å². The number of anilines is 2. The largest absolute Gasteiger partial charge is 0.492 e. The fraction of sp³-hybridized carbons (Fsp3) is 0.333. The lowest BCUT2D eigenvalue weighted by molar-refractivity contribution is -0.120. The van der Waals surface area contributed by atoms with E-state index < -0.39 is 0 Å². The van der Waals surface area contributed by atoms with Gasteiger partial charge in [-0.3, -0.25) is 4.79 Å². The molecule has 3 aromatic rings. The molecule has 1 aliphatic heterocycles. The summed E-state index contributed by atoms with van der Waals surface area (Å²) in [7, 11) is 0. The number of rotatable bonds is 5. The van der Waals surface area contributed by atoms with E-state index in [2.05, 4.69) is 16.3 Å². The van der Waals surface area contributed by atoms with Gasteiger partial charge in [0.2, 0.25) is 5.91 Å². The van der Waals surface area contributed by atoms with E-state index in [1.165, 1.54) is 4.70 Å². The third kappa shape index (κ3) is 3.90. The molecule has 0 spiro atoms. The molecule has 1 amide bonds. The van der Waals surface area contributed by atoms with Crippen molar-refractivity contribution in [2.75, 3.05) is 29.9 Å². The van der Waals surface area contributed by atoms with Crippen molar-refractivity contribution in [2.45, 2.75) is 19.8 Å². The van der Waals surface area contributed by atoms with E-state index in [-0.39, 0.29) is 11.8 Å². The molecule has 0 saturated carbocycles. The zero-order valence-electron chi connectivity index (χ0n) is 15.4. The molecule has 0 radical (unpaired) electrons. The molecule has 1 aromatic heterocycles. The molecule has 1 aliphatic rings. The molecule has 2 heterocycles. The lowest BCUT2D eigenvalue weighted by Gasteiger charge is -2.31. The summed E-state index contributed by atoms with van der Waals surface area (Å²) in [5.74, 6) is 0.709. The molecule has 1 fully saturated rings. The van der Waals surface area contributed by atoms with Crippen molar-refractivity contribution in [1.29, 1.82) is 0 Å². The van der Waals surface area contributed by atoms with E-state index in [9.17, 15) is 4.79 Å². The molecule has 1 atom stereocenters. The summed E-state index contributed by atoms with van der Waals surface area (Å²) >= 11 is 1.69. The van der Waals surface area contributed by atoms with Crippen molar-refractivity contribution in [1.82, 2.24) is 4.98 Å². The molecule has 1 N–H and O–H groups in total. The molecule has 1 saturated heterocycles. The molecule has 140 valence electrons. The maximum Gasteiger partial charge on any atom is 0.229 e. The van der Waals surface area contributed by atoms with Crippen LogP contribution in [0.25, 0.3) is 10.2 Å². The van der Waals surface area contributed by atoms with Crippen LogP contribution in [-0.2, 0) is 4.79 Å². The van der Waals surface area contributed by atoms with Crippen molar-refractivity contribution >= 4 is 38.3 Å². The summed E-state index contributed by atoms with van der Waals surface area (Å²) < 4.78 is 6.80. The number of thiazole rings is 1. The zero-order chi connectivity index (χ0) is 18.6. The number of carbonyl (C=O) groups excluding carboxylic acids is 1. The van der Waals surface area contributed by atoms with Crippen LogP contribution in [0.2, 0.25) is 0 Å². The number of piperidine rings is 1. The topological polar surface area (TPSA) is 54.5 Å². The first-order chi connectivity index (χ1) is 13.2. The molecule has 0 bridgehead atoms. The average Bonchev–Trinajstić information content (AvgIpc) is 3.14. The number of aromatic nitrogens is 1. The second kappa shape index (κ2) is 7.96. The molecule has 0 aliphatic carbocycles. The summed E-state index contributed by atoms with van der Waals surface area (Å²) in [6, 6.07) is 15.8. The van der Waals surface area contributed by atoms with Crippen LogP contribution in [0.3, 0.4) is 0 Å². The maximum absolute atomic E-state index is 12.9. The minimum Gasteiger partial charge on any atom is -0.492 e. The highest BCUT2D eigenvalue weighted by molar-refractivity contribution is 7.22. The minimum atomic E-state index is -0.0551. The Kier molecular flexibility index (Phi) is 5.25. The van der Waals surface area contributed by atoms with Gasteiger partial charge in [-0.15, -0.1) is 0 Å². The van der Waals surface area contributed by atoms with E-state index in [0.717, 1.165) is 35.7 Å². The highest BCUT2D eigenvalue weighted by Crippen LogP contribution is 2.32. The van der Waals surface area contributed by atoms with Crippen molar-refractivity contribution in [3.05, 3.63) is 48.5 Å². The molecular weight excluding hydrogens is 358 g/mol. The predicted octanol–water partition coefficient (Wildman–Crippen LogP) is 4.55. The van der Waals surface area contributed by atoms with Crippen molar-refractivity contribution in [3.8, 4) is 5.75 Å². The van der Waals surface area contributed by atoms with Gasteiger partial charge in [-0.2, -0.15) is 0 Å². The fourth-order valence-electron chi connectivity index (χ4n) is 3.45. The number of hydrogen-bond donors (Lipinski definition) is 1. The predicted molar refractivity (Wildman–Crippen MR) is 111 cm³/mol. The van der Waals surface area contributed by atoms with Gasteiger partial charge in [0.25, 0.3) is 0 Å². The number of amides is 1. The Balaban J connectivity index is 1.47. The highest BCUT2D eigenvalue weighted by atomic mass is 32.1. The average molecular weight is 382 g/mol. The van der Waals surface area contributed by atoms with Crippen LogP contribution in [0.15, 0.2) is 48.5 Å².